The van der Waals surface area contributed by atoms with Gasteiger partial charge in [-0.2, -0.15) is 0 Å². The Morgan fingerprint density at radius 3 is 2.78 bits per heavy atom. The van der Waals surface area contributed by atoms with Crippen LogP contribution < -0.4 is 15.9 Å². The van der Waals surface area contributed by atoms with Crippen LogP contribution in [0.4, 0.5) is 5.69 Å². The number of hydrogen-bond donors (Lipinski definition) is 1. The first kappa shape index (κ1) is 17.3. The Kier molecular flexibility index (Phi) is 4.46. The van der Waals surface area contributed by atoms with E-state index in [0.29, 0.717) is 19.1 Å². The van der Waals surface area contributed by atoms with Gasteiger partial charge in [0.2, 0.25) is 0 Å². The number of nitrogens with zero attached hydrogens (tertiary/aromatic N) is 3. The number of fused-ring (bicyclic) bond motifs is 1. The molecule has 0 radical (unpaired) electrons. The molecule has 5 rings (SSSR count). The van der Waals surface area contributed by atoms with Gasteiger partial charge in [0.05, 0.1) is 30.3 Å². The molecular formula is C20H28N4O3. The summed E-state index contributed by atoms with van der Waals surface area (Å²) < 4.78 is 15.2. The summed E-state index contributed by atoms with van der Waals surface area (Å²) in [6.07, 6.45) is 3.20. The van der Waals surface area contributed by atoms with Crippen LogP contribution >= 0.6 is 0 Å². The molecule has 1 N–H and O–H groups in total. The molecule has 7 heteroatoms. The maximum Gasteiger partial charge on any atom is 0.329 e. The van der Waals surface area contributed by atoms with E-state index in [0.717, 1.165) is 56.5 Å². The fraction of sp³-hybridized carbons (Fsp3) is 0.650. The minimum Gasteiger partial charge on any atom is -0.371 e. The molecule has 1 aromatic carbocycles. The van der Waals surface area contributed by atoms with Crippen molar-refractivity contribution in [2.75, 3.05) is 44.3 Å². The first-order valence-corrected chi connectivity index (χ1v) is 10.1. The number of piperidine rings is 1. The summed E-state index contributed by atoms with van der Waals surface area (Å²) in [5, 5.41) is 3.42. The third-order valence-electron chi connectivity index (χ3n) is 6.33. The van der Waals surface area contributed by atoms with Gasteiger partial charge in [-0.15, -0.1) is 0 Å². The van der Waals surface area contributed by atoms with E-state index in [1.54, 1.807) is 4.57 Å². The fourth-order valence-electron chi connectivity index (χ4n) is 4.85. The standard InChI is InChI=1S/C20H28N4O3/c1-22-18-11-15(23-8-6-14(13-23)19-26-9-10-27-19)4-5-17(18)24(20(22)25)16-3-2-7-21-12-16/h4-5,11,14,16,19,21H,2-3,6-10,12-13H2,1H3. The molecule has 0 aliphatic carbocycles. The van der Waals surface area contributed by atoms with Crippen LogP contribution in [0, 0.1) is 5.92 Å². The van der Waals surface area contributed by atoms with E-state index in [-0.39, 0.29) is 18.0 Å². The van der Waals surface area contributed by atoms with Crippen molar-refractivity contribution in [2.24, 2.45) is 13.0 Å². The van der Waals surface area contributed by atoms with Crippen LogP contribution in [0.25, 0.3) is 11.0 Å². The van der Waals surface area contributed by atoms with E-state index < -0.39 is 0 Å². The van der Waals surface area contributed by atoms with Crippen molar-refractivity contribution in [3.05, 3.63) is 28.7 Å². The molecule has 0 bridgehead atoms. The Balaban J connectivity index is 1.44. The van der Waals surface area contributed by atoms with Gasteiger partial charge in [-0.25, -0.2) is 4.79 Å². The number of imidazole rings is 1. The van der Waals surface area contributed by atoms with E-state index in [1.165, 1.54) is 5.69 Å². The minimum absolute atomic E-state index is 0.0528. The molecule has 2 aromatic rings. The molecule has 3 aliphatic heterocycles. The van der Waals surface area contributed by atoms with Crippen LogP contribution in [0.3, 0.4) is 0 Å². The maximum absolute atomic E-state index is 12.9. The van der Waals surface area contributed by atoms with E-state index in [2.05, 4.69) is 28.4 Å². The average molecular weight is 372 g/mol. The smallest absolute Gasteiger partial charge is 0.329 e. The molecule has 0 spiro atoms. The first-order chi connectivity index (χ1) is 13.2. The highest BCUT2D eigenvalue weighted by Gasteiger charge is 2.33. The average Bonchev–Trinajstić information content (AvgIpc) is 3.43. The Bertz CT molecular complexity index is 877. The van der Waals surface area contributed by atoms with Crippen LogP contribution in [0.2, 0.25) is 0 Å². The molecular weight excluding hydrogens is 344 g/mol. The van der Waals surface area contributed by atoms with Gasteiger partial charge in [-0.3, -0.25) is 9.13 Å². The van der Waals surface area contributed by atoms with Crippen molar-refractivity contribution >= 4 is 16.7 Å². The van der Waals surface area contributed by atoms with Gasteiger partial charge in [-0.1, -0.05) is 0 Å². The normalized spacial score (nSPS) is 27.1. The maximum atomic E-state index is 12.9. The fourth-order valence-corrected chi connectivity index (χ4v) is 4.85. The van der Waals surface area contributed by atoms with Crippen molar-refractivity contribution < 1.29 is 9.47 Å². The lowest BCUT2D eigenvalue weighted by Gasteiger charge is -2.24. The highest BCUT2D eigenvalue weighted by molar-refractivity contribution is 5.81. The molecule has 27 heavy (non-hydrogen) atoms. The minimum atomic E-state index is -0.0528. The van der Waals surface area contributed by atoms with Crippen molar-refractivity contribution in [3.63, 3.8) is 0 Å². The Hall–Kier alpha value is -1.83. The van der Waals surface area contributed by atoms with E-state index >= 15 is 0 Å². The second-order valence-electron chi connectivity index (χ2n) is 7.99. The molecule has 1 aromatic heterocycles. The van der Waals surface area contributed by atoms with Crippen molar-refractivity contribution in [3.8, 4) is 0 Å². The number of nitrogens with one attached hydrogen (secondary N) is 1. The van der Waals surface area contributed by atoms with Crippen molar-refractivity contribution in [1.29, 1.82) is 0 Å². The first-order valence-electron chi connectivity index (χ1n) is 10.1. The number of rotatable bonds is 3. The van der Waals surface area contributed by atoms with Gasteiger partial charge in [-0.05, 0) is 44.0 Å². The Labute approximate surface area is 158 Å². The van der Waals surface area contributed by atoms with E-state index in [4.69, 9.17) is 9.47 Å². The predicted molar refractivity (Wildman–Crippen MR) is 104 cm³/mol. The van der Waals surface area contributed by atoms with Gasteiger partial charge in [0, 0.05) is 38.3 Å². The number of hydrogen-bond acceptors (Lipinski definition) is 5. The third-order valence-corrected chi connectivity index (χ3v) is 6.33. The van der Waals surface area contributed by atoms with Gasteiger partial charge in [0.15, 0.2) is 6.29 Å². The second-order valence-corrected chi connectivity index (χ2v) is 7.99. The van der Waals surface area contributed by atoms with Crippen LogP contribution in [0.5, 0.6) is 0 Å². The number of ether oxygens (including phenoxy) is 2. The van der Waals surface area contributed by atoms with E-state index in [1.807, 2.05) is 11.6 Å². The van der Waals surface area contributed by atoms with Gasteiger partial charge in [0.1, 0.15) is 0 Å². The summed E-state index contributed by atoms with van der Waals surface area (Å²) in [4.78, 5) is 15.3. The summed E-state index contributed by atoms with van der Waals surface area (Å²) >= 11 is 0. The van der Waals surface area contributed by atoms with Crippen molar-refractivity contribution in [1.82, 2.24) is 14.5 Å². The molecule has 2 atom stereocenters. The lowest BCUT2D eigenvalue weighted by molar-refractivity contribution is -0.0772. The molecule has 7 nitrogen and oxygen atoms in total. The molecule has 2 unspecified atom stereocenters. The van der Waals surface area contributed by atoms with Gasteiger partial charge < -0.3 is 19.7 Å². The number of anilines is 1. The van der Waals surface area contributed by atoms with Crippen LogP contribution in [-0.2, 0) is 16.5 Å². The van der Waals surface area contributed by atoms with Crippen LogP contribution in [0.1, 0.15) is 25.3 Å². The second kappa shape index (κ2) is 6.96. The Morgan fingerprint density at radius 2 is 2.00 bits per heavy atom. The lowest BCUT2D eigenvalue weighted by atomic mass is 10.1. The summed E-state index contributed by atoms with van der Waals surface area (Å²) in [6, 6.07) is 6.69. The number of aryl methyl sites for hydroxylation is 1. The molecule has 4 heterocycles. The zero-order valence-electron chi connectivity index (χ0n) is 15.9. The number of benzene rings is 1. The zero-order valence-corrected chi connectivity index (χ0v) is 15.9. The summed E-state index contributed by atoms with van der Waals surface area (Å²) in [7, 11) is 1.88. The highest BCUT2D eigenvalue weighted by atomic mass is 16.7. The monoisotopic (exact) mass is 372 g/mol. The molecule has 0 amide bonds. The quantitative estimate of drug-likeness (QED) is 0.884. The highest BCUT2D eigenvalue weighted by Crippen LogP contribution is 2.31. The van der Waals surface area contributed by atoms with Crippen molar-refractivity contribution in [2.45, 2.75) is 31.6 Å². The van der Waals surface area contributed by atoms with Crippen LogP contribution in [-0.4, -0.2) is 54.8 Å². The van der Waals surface area contributed by atoms with Gasteiger partial charge >= 0.3 is 5.69 Å². The summed E-state index contributed by atoms with van der Waals surface area (Å²) in [5.41, 5.74) is 3.32. The van der Waals surface area contributed by atoms with E-state index in [9.17, 15) is 4.79 Å². The Morgan fingerprint density at radius 1 is 1.15 bits per heavy atom. The molecule has 0 saturated carbocycles. The molecule has 3 fully saturated rings. The summed E-state index contributed by atoms with van der Waals surface area (Å²) in [5.74, 6) is 0.421. The molecule has 3 aliphatic rings. The topological polar surface area (TPSA) is 60.7 Å². The van der Waals surface area contributed by atoms with Crippen LogP contribution in [0.15, 0.2) is 23.0 Å². The largest absolute Gasteiger partial charge is 0.371 e. The molecule has 146 valence electrons. The molecule has 3 saturated heterocycles. The predicted octanol–water partition coefficient (Wildman–Crippen LogP) is 1.46. The summed E-state index contributed by atoms with van der Waals surface area (Å²) in [6.45, 7) is 5.27. The lowest BCUT2D eigenvalue weighted by Crippen LogP contribution is -2.36. The van der Waals surface area contributed by atoms with Gasteiger partial charge in [0.25, 0.3) is 0 Å². The SMILES string of the molecule is Cn1c(=O)n(C2CCCNC2)c2ccc(N3CCC(C4OCCO4)C3)cc21. The third kappa shape index (κ3) is 2.98. The number of aromatic nitrogens is 2. The zero-order chi connectivity index (χ0) is 18.4.